The van der Waals surface area contributed by atoms with Crippen LogP contribution >= 0.6 is 11.5 Å². The van der Waals surface area contributed by atoms with E-state index < -0.39 is 0 Å². The lowest BCUT2D eigenvalue weighted by Crippen LogP contribution is -2.18. The Kier molecular flexibility index (Phi) is 4.67. The van der Waals surface area contributed by atoms with Crippen molar-refractivity contribution in [2.75, 3.05) is 7.05 Å². The van der Waals surface area contributed by atoms with Gasteiger partial charge in [0.1, 0.15) is 0 Å². The molecular weight excluding hydrogens is 206 g/mol. The Hall–Kier alpha value is -0.480. The van der Waals surface area contributed by atoms with Crippen LogP contribution in [-0.4, -0.2) is 16.6 Å². The number of aromatic nitrogens is 2. The van der Waals surface area contributed by atoms with Gasteiger partial charge in [0, 0.05) is 6.04 Å². The van der Waals surface area contributed by atoms with E-state index >= 15 is 0 Å². The molecule has 0 bridgehead atoms. The van der Waals surface area contributed by atoms with E-state index in [1.165, 1.54) is 16.4 Å². The molecule has 1 rings (SSSR count). The first-order chi connectivity index (χ1) is 7.06. The predicted molar refractivity (Wildman–Crippen MR) is 65.3 cm³/mol. The standard InChI is InChI=1S/C11H21N3S/c1-7(2)6-9(12-5)11-10(8(3)4)13-14-15-11/h7-9,12H,6H2,1-5H3. The second kappa shape index (κ2) is 5.56. The Morgan fingerprint density at radius 3 is 2.40 bits per heavy atom. The van der Waals surface area contributed by atoms with Gasteiger partial charge < -0.3 is 5.32 Å². The van der Waals surface area contributed by atoms with E-state index in [1.807, 2.05) is 7.05 Å². The normalized spacial score (nSPS) is 13.8. The van der Waals surface area contributed by atoms with Crippen LogP contribution in [0.1, 0.15) is 56.6 Å². The van der Waals surface area contributed by atoms with Crippen molar-refractivity contribution >= 4 is 11.5 Å². The molecule has 0 aliphatic carbocycles. The second-order valence-corrected chi connectivity index (χ2v) is 5.43. The van der Waals surface area contributed by atoms with Gasteiger partial charge in [0.15, 0.2) is 0 Å². The maximum atomic E-state index is 4.22. The third kappa shape index (κ3) is 3.24. The molecule has 3 nitrogen and oxygen atoms in total. The van der Waals surface area contributed by atoms with Crippen molar-refractivity contribution in [1.29, 1.82) is 0 Å². The van der Waals surface area contributed by atoms with Crippen LogP contribution in [0.2, 0.25) is 0 Å². The van der Waals surface area contributed by atoms with Crippen LogP contribution in [0.5, 0.6) is 0 Å². The Bertz CT molecular complexity index is 294. The molecule has 0 saturated carbocycles. The maximum Gasteiger partial charge on any atom is 0.0829 e. The predicted octanol–water partition coefficient (Wildman–Crippen LogP) is 2.97. The van der Waals surface area contributed by atoms with Gasteiger partial charge >= 0.3 is 0 Å². The van der Waals surface area contributed by atoms with Crippen molar-refractivity contribution in [3.8, 4) is 0 Å². The van der Waals surface area contributed by atoms with Gasteiger partial charge in [-0.3, -0.25) is 0 Å². The van der Waals surface area contributed by atoms with Crippen LogP contribution in [0.15, 0.2) is 0 Å². The van der Waals surface area contributed by atoms with Crippen LogP contribution in [0.25, 0.3) is 0 Å². The highest BCUT2D eigenvalue weighted by Gasteiger charge is 2.20. The Balaban J connectivity index is 2.86. The minimum Gasteiger partial charge on any atom is -0.312 e. The first kappa shape index (κ1) is 12.6. The van der Waals surface area contributed by atoms with Gasteiger partial charge in [-0.25, -0.2) is 0 Å². The maximum absolute atomic E-state index is 4.22. The molecule has 1 aromatic heterocycles. The van der Waals surface area contributed by atoms with Crippen LogP contribution < -0.4 is 5.32 Å². The lowest BCUT2D eigenvalue weighted by atomic mass is 9.99. The SMILES string of the molecule is CNC(CC(C)C)c1snnc1C(C)C. The van der Waals surface area contributed by atoms with Crippen LogP contribution in [0.4, 0.5) is 0 Å². The summed E-state index contributed by atoms with van der Waals surface area (Å²) in [6, 6.07) is 0.405. The molecule has 0 aliphatic rings. The van der Waals surface area contributed by atoms with Crippen molar-refractivity contribution in [3.05, 3.63) is 10.6 Å². The average molecular weight is 227 g/mol. The number of rotatable bonds is 5. The summed E-state index contributed by atoms with van der Waals surface area (Å²) >= 11 is 1.53. The highest BCUT2D eigenvalue weighted by molar-refractivity contribution is 7.05. The van der Waals surface area contributed by atoms with Crippen LogP contribution in [-0.2, 0) is 0 Å². The van der Waals surface area contributed by atoms with Crippen molar-refractivity contribution in [2.24, 2.45) is 5.92 Å². The molecule has 15 heavy (non-hydrogen) atoms. The molecule has 1 atom stereocenters. The zero-order chi connectivity index (χ0) is 11.4. The van der Waals surface area contributed by atoms with E-state index in [0.717, 1.165) is 12.1 Å². The molecule has 0 aromatic carbocycles. The van der Waals surface area contributed by atoms with Gasteiger partial charge in [-0.1, -0.05) is 32.2 Å². The summed E-state index contributed by atoms with van der Waals surface area (Å²) in [4.78, 5) is 1.31. The Morgan fingerprint density at radius 1 is 1.27 bits per heavy atom. The molecule has 0 amide bonds. The van der Waals surface area contributed by atoms with Gasteiger partial charge in [0.2, 0.25) is 0 Å². The molecule has 1 unspecified atom stereocenters. The third-order valence-electron chi connectivity index (χ3n) is 2.46. The highest BCUT2D eigenvalue weighted by atomic mass is 32.1. The van der Waals surface area contributed by atoms with Gasteiger partial charge in [0.05, 0.1) is 10.6 Å². The lowest BCUT2D eigenvalue weighted by molar-refractivity contribution is 0.458. The third-order valence-corrected chi connectivity index (χ3v) is 3.31. The zero-order valence-corrected chi connectivity index (χ0v) is 11.1. The summed E-state index contributed by atoms with van der Waals surface area (Å²) < 4.78 is 4.07. The van der Waals surface area contributed by atoms with Crippen molar-refractivity contribution in [1.82, 2.24) is 14.9 Å². The van der Waals surface area contributed by atoms with Gasteiger partial charge in [0.25, 0.3) is 0 Å². The van der Waals surface area contributed by atoms with E-state index in [1.54, 1.807) is 0 Å². The van der Waals surface area contributed by atoms with Crippen LogP contribution in [0.3, 0.4) is 0 Å². The summed E-state index contributed by atoms with van der Waals surface area (Å²) in [5, 5.41) is 7.58. The minimum atomic E-state index is 0.405. The van der Waals surface area contributed by atoms with E-state index in [-0.39, 0.29) is 0 Å². The summed E-state index contributed by atoms with van der Waals surface area (Å²) in [5.74, 6) is 1.14. The van der Waals surface area contributed by atoms with E-state index in [4.69, 9.17) is 0 Å². The summed E-state index contributed by atoms with van der Waals surface area (Å²) in [7, 11) is 2.01. The molecule has 1 heterocycles. The molecule has 0 radical (unpaired) electrons. The Morgan fingerprint density at radius 2 is 1.93 bits per heavy atom. The molecule has 0 saturated heterocycles. The first-order valence-electron chi connectivity index (χ1n) is 5.55. The average Bonchev–Trinajstić information content (AvgIpc) is 2.62. The smallest absolute Gasteiger partial charge is 0.0829 e. The fraction of sp³-hybridized carbons (Fsp3) is 0.818. The molecule has 1 aromatic rings. The Labute approximate surface area is 96.5 Å². The fourth-order valence-corrected chi connectivity index (χ4v) is 2.60. The molecule has 0 aliphatic heterocycles. The summed E-state index contributed by atoms with van der Waals surface area (Å²) in [6.45, 7) is 8.83. The second-order valence-electron chi connectivity index (χ2n) is 4.65. The summed E-state index contributed by atoms with van der Waals surface area (Å²) in [5.41, 5.74) is 1.15. The minimum absolute atomic E-state index is 0.405. The zero-order valence-electron chi connectivity index (χ0n) is 10.2. The molecule has 0 spiro atoms. The largest absolute Gasteiger partial charge is 0.312 e. The molecule has 0 fully saturated rings. The first-order valence-corrected chi connectivity index (χ1v) is 6.33. The monoisotopic (exact) mass is 227 g/mol. The number of hydrogen-bond donors (Lipinski definition) is 1. The van der Waals surface area contributed by atoms with Gasteiger partial charge in [-0.2, -0.15) is 0 Å². The van der Waals surface area contributed by atoms with E-state index in [0.29, 0.717) is 17.9 Å². The quantitative estimate of drug-likeness (QED) is 0.840. The number of hydrogen-bond acceptors (Lipinski definition) is 4. The lowest BCUT2D eigenvalue weighted by Gasteiger charge is -2.18. The van der Waals surface area contributed by atoms with Crippen molar-refractivity contribution in [3.63, 3.8) is 0 Å². The molecule has 86 valence electrons. The van der Waals surface area contributed by atoms with Crippen LogP contribution in [0, 0.1) is 5.92 Å². The number of nitrogens with zero attached hydrogens (tertiary/aromatic N) is 2. The van der Waals surface area contributed by atoms with Gasteiger partial charge in [-0.15, -0.1) is 5.10 Å². The number of nitrogens with one attached hydrogen (secondary N) is 1. The molecular formula is C11H21N3S. The van der Waals surface area contributed by atoms with E-state index in [9.17, 15) is 0 Å². The highest BCUT2D eigenvalue weighted by Crippen LogP contribution is 2.29. The topological polar surface area (TPSA) is 37.8 Å². The van der Waals surface area contributed by atoms with Gasteiger partial charge in [-0.05, 0) is 36.8 Å². The molecule has 4 heteroatoms. The molecule has 1 N–H and O–H groups in total. The fourth-order valence-electron chi connectivity index (χ4n) is 1.67. The summed E-state index contributed by atoms with van der Waals surface area (Å²) in [6.07, 6.45) is 1.14. The van der Waals surface area contributed by atoms with Crippen molar-refractivity contribution in [2.45, 2.75) is 46.1 Å². The van der Waals surface area contributed by atoms with Crippen molar-refractivity contribution < 1.29 is 0 Å². The van der Waals surface area contributed by atoms with E-state index in [2.05, 4.69) is 42.6 Å².